The third-order valence-electron chi connectivity index (χ3n) is 2.10. The van der Waals surface area contributed by atoms with Gasteiger partial charge in [0.25, 0.3) is 0 Å². The van der Waals surface area contributed by atoms with Crippen molar-refractivity contribution in [1.82, 2.24) is 0 Å². The first kappa shape index (κ1) is 20.0. The summed E-state index contributed by atoms with van der Waals surface area (Å²) in [4.78, 5) is 31.3. The molecule has 0 saturated heterocycles. The standard InChI is InChI=1S/C10H22.H4O5P2/c1-3-5-7-9-10-8-6-4-2;1-6(2)5-7(3)4/h3-10H2,1-2H3;1-4H. The molecule has 4 N–H and O–H groups in total. The first-order valence-electron chi connectivity index (χ1n) is 6.08. The van der Waals surface area contributed by atoms with Gasteiger partial charge in [-0.1, -0.05) is 65.2 Å². The Morgan fingerprint density at radius 1 is 0.647 bits per heavy atom. The van der Waals surface area contributed by atoms with Crippen LogP contribution in [0.1, 0.15) is 65.2 Å². The van der Waals surface area contributed by atoms with Gasteiger partial charge in [0.2, 0.25) is 0 Å². The zero-order valence-corrected chi connectivity index (χ0v) is 12.5. The minimum absolute atomic E-state index is 1.37. The summed E-state index contributed by atoms with van der Waals surface area (Å²) in [5.41, 5.74) is 0. The number of hydrogen-bond acceptors (Lipinski definition) is 5. The smallest absolute Gasteiger partial charge is 0.328 e. The van der Waals surface area contributed by atoms with Crippen LogP contribution in [0.25, 0.3) is 0 Å². The molecule has 0 aliphatic rings. The van der Waals surface area contributed by atoms with Gasteiger partial charge in [0.05, 0.1) is 0 Å². The van der Waals surface area contributed by atoms with Gasteiger partial charge in [-0.2, -0.15) is 0 Å². The summed E-state index contributed by atoms with van der Waals surface area (Å²) in [5, 5.41) is 0. The molecule has 0 spiro atoms. The molecule has 0 fully saturated rings. The molecule has 0 aromatic heterocycles. The van der Waals surface area contributed by atoms with Gasteiger partial charge in [0.15, 0.2) is 0 Å². The molecular formula is C10H26O5P2. The maximum absolute atomic E-state index is 7.82. The predicted molar refractivity (Wildman–Crippen MR) is 72.1 cm³/mol. The van der Waals surface area contributed by atoms with Gasteiger partial charge in [-0.05, 0) is 0 Å². The largest absolute Gasteiger partial charge is 0.334 e. The Kier molecular flexibility index (Phi) is 19.6. The highest BCUT2D eigenvalue weighted by Gasteiger charge is 2.05. The van der Waals surface area contributed by atoms with E-state index in [2.05, 4.69) is 18.2 Å². The summed E-state index contributed by atoms with van der Waals surface area (Å²) in [6, 6.07) is 0. The molecule has 0 rings (SSSR count). The van der Waals surface area contributed by atoms with Crippen molar-refractivity contribution >= 4 is 17.2 Å². The molecule has 0 heterocycles. The van der Waals surface area contributed by atoms with Crippen molar-refractivity contribution in [1.29, 1.82) is 0 Å². The van der Waals surface area contributed by atoms with Crippen LogP contribution in [0.15, 0.2) is 0 Å². The molecule has 0 aromatic rings. The third kappa shape index (κ3) is 26.3. The number of hydrogen-bond donors (Lipinski definition) is 4. The van der Waals surface area contributed by atoms with Crippen LogP contribution in [0.3, 0.4) is 0 Å². The van der Waals surface area contributed by atoms with E-state index in [0.29, 0.717) is 0 Å². The fourth-order valence-electron chi connectivity index (χ4n) is 1.27. The highest BCUT2D eigenvalue weighted by molar-refractivity contribution is 7.53. The molecule has 0 saturated carbocycles. The first-order valence-corrected chi connectivity index (χ1v) is 8.41. The van der Waals surface area contributed by atoms with E-state index in [9.17, 15) is 0 Å². The molecule has 17 heavy (non-hydrogen) atoms. The topological polar surface area (TPSA) is 90.2 Å². The van der Waals surface area contributed by atoms with Crippen molar-refractivity contribution in [2.75, 3.05) is 0 Å². The van der Waals surface area contributed by atoms with E-state index < -0.39 is 17.2 Å². The van der Waals surface area contributed by atoms with E-state index in [-0.39, 0.29) is 0 Å². The van der Waals surface area contributed by atoms with Crippen LogP contribution in [-0.4, -0.2) is 19.6 Å². The van der Waals surface area contributed by atoms with Crippen LogP contribution in [0.2, 0.25) is 0 Å². The van der Waals surface area contributed by atoms with Crippen molar-refractivity contribution in [2.24, 2.45) is 0 Å². The quantitative estimate of drug-likeness (QED) is 0.384. The fourth-order valence-corrected chi connectivity index (χ4v) is 1.79. The summed E-state index contributed by atoms with van der Waals surface area (Å²) in [5.74, 6) is 0. The summed E-state index contributed by atoms with van der Waals surface area (Å²) >= 11 is 0. The zero-order valence-electron chi connectivity index (χ0n) is 10.7. The van der Waals surface area contributed by atoms with Crippen LogP contribution < -0.4 is 0 Å². The van der Waals surface area contributed by atoms with E-state index >= 15 is 0 Å². The highest BCUT2D eigenvalue weighted by Crippen LogP contribution is 2.41. The van der Waals surface area contributed by atoms with E-state index in [0.717, 1.165) is 0 Å². The summed E-state index contributed by atoms with van der Waals surface area (Å²) in [6.07, 6.45) is 11.5. The van der Waals surface area contributed by atoms with Crippen LogP contribution in [0, 0.1) is 0 Å². The lowest BCUT2D eigenvalue weighted by Crippen LogP contribution is -1.77. The predicted octanol–water partition coefficient (Wildman–Crippen LogP) is 3.57. The SMILES string of the molecule is CCCCCCCCCC.OP(O)OP(O)O. The molecule has 106 valence electrons. The minimum atomic E-state index is -2.61. The lowest BCUT2D eigenvalue weighted by atomic mass is 10.1. The maximum Gasteiger partial charge on any atom is 0.334 e. The summed E-state index contributed by atoms with van der Waals surface area (Å²) in [6.45, 7) is 4.54. The van der Waals surface area contributed by atoms with E-state index in [1.54, 1.807) is 0 Å². The van der Waals surface area contributed by atoms with Crippen molar-refractivity contribution in [3.05, 3.63) is 0 Å². The molecule has 0 aliphatic carbocycles. The Bertz CT molecular complexity index is 122. The molecular weight excluding hydrogens is 262 g/mol. The lowest BCUT2D eigenvalue weighted by molar-refractivity contribution is 0.324. The summed E-state index contributed by atoms with van der Waals surface area (Å²) < 4.78 is 3.60. The molecule has 0 atom stereocenters. The van der Waals surface area contributed by atoms with Crippen LogP contribution in [0.5, 0.6) is 0 Å². The zero-order chi connectivity index (χ0) is 13.5. The van der Waals surface area contributed by atoms with Crippen LogP contribution >= 0.6 is 17.2 Å². The second-order valence-electron chi connectivity index (χ2n) is 3.71. The van der Waals surface area contributed by atoms with Crippen molar-refractivity contribution in [3.8, 4) is 0 Å². The van der Waals surface area contributed by atoms with Gasteiger partial charge in [-0.3, -0.25) is 0 Å². The van der Waals surface area contributed by atoms with Crippen molar-refractivity contribution < 1.29 is 23.9 Å². The fraction of sp³-hybridized carbons (Fsp3) is 1.00. The molecule has 0 radical (unpaired) electrons. The molecule has 5 nitrogen and oxygen atoms in total. The first-order chi connectivity index (χ1) is 8.04. The Labute approximate surface area is 107 Å². The van der Waals surface area contributed by atoms with Crippen LogP contribution in [0.4, 0.5) is 0 Å². The Hall–Kier alpha value is 0.660. The normalized spacial score (nSPS) is 10.6. The van der Waals surface area contributed by atoms with Gasteiger partial charge < -0.3 is 19.6 Å². The van der Waals surface area contributed by atoms with Gasteiger partial charge in [0, 0.05) is 0 Å². The van der Waals surface area contributed by atoms with E-state index in [1.165, 1.54) is 51.4 Å². The van der Waals surface area contributed by atoms with Crippen molar-refractivity contribution in [3.63, 3.8) is 0 Å². The van der Waals surface area contributed by atoms with Gasteiger partial charge >= 0.3 is 17.2 Å². The van der Waals surface area contributed by atoms with E-state index in [1.807, 2.05) is 0 Å². The maximum atomic E-state index is 7.82. The van der Waals surface area contributed by atoms with Gasteiger partial charge in [-0.25, -0.2) is 4.31 Å². The lowest BCUT2D eigenvalue weighted by Gasteiger charge is -2.00. The van der Waals surface area contributed by atoms with E-state index in [4.69, 9.17) is 19.6 Å². The number of unbranched alkanes of at least 4 members (excludes halogenated alkanes) is 7. The average Bonchev–Trinajstić information content (AvgIpc) is 2.22. The second-order valence-corrected chi connectivity index (χ2v) is 5.37. The molecule has 0 bridgehead atoms. The average molecular weight is 288 g/mol. The molecule has 0 aliphatic heterocycles. The molecule has 7 heteroatoms. The summed E-state index contributed by atoms with van der Waals surface area (Å²) in [7, 11) is -5.22. The third-order valence-corrected chi connectivity index (χ3v) is 3.27. The minimum Gasteiger partial charge on any atom is -0.328 e. The second kappa shape index (κ2) is 16.7. The molecule has 0 unspecified atom stereocenters. The molecule has 0 amide bonds. The van der Waals surface area contributed by atoms with Crippen LogP contribution in [-0.2, 0) is 4.31 Å². The van der Waals surface area contributed by atoms with Gasteiger partial charge in [-0.15, -0.1) is 0 Å². The molecule has 0 aromatic carbocycles. The monoisotopic (exact) mass is 288 g/mol. The highest BCUT2D eigenvalue weighted by atomic mass is 31.2. The van der Waals surface area contributed by atoms with Gasteiger partial charge in [0.1, 0.15) is 0 Å². The Morgan fingerprint density at radius 2 is 0.941 bits per heavy atom. The van der Waals surface area contributed by atoms with Crippen molar-refractivity contribution in [2.45, 2.75) is 65.2 Å². The Morgan fingerprint density at radius 3 is 1.12 bits per heavy atom. The Balaban J connectivity index is 0. The number of rotatable bonds is 9.